The van der Waals surface area contributed by atoms with E-state index in [0.29, 0.717) is 4.47 Å². The van der Waals surface area contributed by atoms with Crippen molar-refractivity contribution < 1.29 is 17.3 Å². The van der Waals surface area contributed by atoms with E-state index in [9.17, 15) is 8.42 Å². The summed E-state index contributed by atoms with van der Waals surface area (Å²) in [7, 11) is -2.84. The van der Waals surface area contributed by atoms with Crippen LogP contribution in [0, 0.1) is 11.3 Å². The largest absolute Gasteiger partial charge is 0.494 e. The maximum atomic E-state index is 12.4. The van der Waals surface area contributed by atoms with Crippen LogP contribution in [0.15, 0.2) is 45.8 Å². The van der Waals surface area contributed by atoms with Crippen LogP contribution >= 0.6 is 27.5 Å². The number of nitriles is 1. The van der Waals surface area contributed by atoms with Gasteiger partial charge in [-0.25, -0.2) is 0 Å². The number of halogens is 2. The minimum atomic E-state index is -4.17. The molecule has 0 aromatic heterocycles. The second-order valence-electron chi connectivity index (χ2n) is 4.10. The van der Waals surface area contributed by atoms with E-state index < -0.39 is 10.1 Å². The van der Waals surface area contributed by atoms with Gasteiger partial charge in [0.15, 0.2) is 10.6 Å². The zero-order valence-corrected chi connectivity index (χ0v) is 14.4. The smallest absolute Gasteiger partial charge is 0.343 e. The summed E-state index contributed by atoms with van der Waals surface area (Å²) < 4.78 is 35.4. The van der Waals surface area contributed by atoms with Gasteiger partial charge in [0, 0.05) is 5.02 Å². The zero-order chi connectivity index (χ0) is 16.3. The maximum absolute atomic E-state index is 12.4. The molecule has 0 N–H and O–H groups in total. The van der Waals surface area contributed by atoms with E-state index in [1.54, 1.807) is 0 Å². The van der Waals surface area contributed by atoms with Gasteiger partial charge < -0.3 is 8.92 Å². The number of benzene rings is 2. The van der Waals surface area contributed by atoms with Gasteiger partial charge in [0.05, 0.1) is 23.2 Å². The summed E-state index contributed by atoms with van der Waals surface area (Å²) in [6.45, 7) is 0. The molecule has 0 unspecified atom stereocenters. The van der Waals surface area contributed by atoms with Crippen molar-refractivity contribution in [2.75, 3.05) is 7.11 Å². The van der Waals surface area contributed by atoms with Crippen LogP contribution in [0.5, 0.6) is 11.5 Å². The monoisotopic (exact) mass is 401 g/mol. The van der Waals surface area contributed by atoms with E-state index in [0.717, 1.165) is 0 Å². The third-order valence-electron chi connectivity index (χ3n) is 2.62. The van der Waals surface area contributed by atoms with E-state index in [-0.39, 0.29) is 27.0 Å². The molecule has 114 valence electrons. The van der Waals surface area contributed by atoms with Crippen molar-refractivity contribution in [3.63, 3.8) is 0 Å². The predicted molar refractivity (Wildman–Crippen MR) is 84.7 cm³/mol. The molecule has 0 heterocycles. The Bertz CT molecular complexity index is 862. The van der Waals surface area contributed by atoms with Crippen LogP contribution in [0.3, 0.4) is 0 Å². The average Bonchev–Trinajstić information content (AvgIpc) is 2.46. The van der Waals surface area contributed by atoms with Gasteiger partial charge in [0.25, 0.3) is 0 Å². The first kappa shape index (κ1) is 16.6. The summed E-state index contributed by atoms with van der Waals surface area (Å²) in [5.74, 6) is 0.109. The van der Waals surface area contributed by atoms with E-state index in [4.69, 9.17) is 25.8 Å². The Kier molecular flexibility index (Phi) is 4.96. The predicted octanol–water partition coefficient (Wildman–Crippen LogP) is 3.75. The number of methoxy groups -OCH3 is 1. The van der Waals surface area contributed by atoms with Crippen LogP contribution in [0.4, 0.5) is 0 Å². The molecule has 2 aromatic carbocycles. The maximum Gasteiger partial charge on any atom is 0.343 e. The third-order valence-corrected chi connectivity index (χ3v) is 4.68. The topological polar surface area (TPSA) is 76.4 Å². The molecule has 0 radical (unpaired) electrons. The van der Waals surface area contributed by atoms with E-state index >= 15 is 0 Å². The lowest BCUT2D eigenvalue weighted by Gasteiger charge is -2.12. The van der Waals surface area contributed by atoms with Crippen LogP contribution in [-0.4, -0.2) is 15.5 Å². The molecule has 0 fully saturated rings. The highest BCUT2D eigenvalue weighted by Crippen LogP contribution is 2.36. The van der Waals surface area contributed by atoms with Crippen molar-refractivity contribution in [3.8, 4) is 17.6 Å². The first-order chi connectivity index (χ1) is 10.4. The van der Waals surface area contributed by atoms with Gasteiger partial charge in [-0.15, -0.1) is 0 Å². The molecule has 22 heavy (non-hydrogen) atoms. The Balaban J connectivity index is 2.49. The first-order valence-electron chi connectivity index (χ1n) is 5.85. The summed E-state index contributed by atoms with van der Waals surface area (Å²) in [6.07, 6.45) is 0. The Labute approximate surface area is 141 Å². The fraction of sp³-hybridized carbons (Fsp3) is 0.0714. The zero-order valence-electron chi connectivity index (χ0n) is 11.2. The number of nitrogens with zero attached hydrogens (tertiary/aromatic N) is 1. The van der Waals surface area contributed by atoms with Gasteiger partial charge in [0.1, 0.15) is 5.75 Å². The lowest BCUT2D eigenvalue weighted by Crippen LogP contribution is -2.11. The molecule has 2 aromatic rings. The Morgan fingerprint density at radius 1 is 1.27 bits per heavy atom. The molecule has 0 saturated carbocycles. The molecule has 0 amide bonds. The second kappa shape index (κ2) is 6.57. The van der Waals surface area contributed by atoms with E-state index in [2.05, 4.69) is 15.9 Å². The summed E-state index contributed by atoms with van der Waals surface area (Å²) in [6, 6.07) is 10.5. The fourth-order valence-electron chi connectivity index (χ4n) is 1.71. The van der Waals surface area contributed by atoms with Gasteiger partial charge in [-0.3, -0.25) is 0 Å². The SMILES string of the molecule is COc1c(Br)cc(Cl)cc1S(=O)(=O)Oc1cccc(C#N)c1. The molecule has 0 aliphatic carbocycles. The summed E-state index contributed by atoms with van der Waals surface area (Å²) in [5.41, 5.74) is 0.284. The fourth-order valence-corrected chi connectivity index (χ4v) is 4.02. The number of rotatable bonds is 4. The molecule has 0 bridgehead atoms. The van der Waals surface area contributed by atoms with E-state index in [1.807, 2.05) is 6.07 Å². The molecule has 0 atom stereocenters. The highest BCUT2D eigenvalue weighted by molar-refractivity contribution is 9.10. The number of hydrogen-bond acceptors (Lipinski definition) is 5. The Morgan fingerprint density at radius 2 is 2.00 bits per heavy atom. The van der Waals surface area contributed by atoms with Gasteiger partial charge in [-0.1, -0.05) is 17.7 Å². The van der Waals surface area contributed by atoms with Crippen LogP contribution in [0.25, 0.3) is 0 Å². The Hall–Kier alpha value is -1.75. The lowest BCUT2D eigenvalue weighted by atomic mass is 10.2. The number of hydrogen-bond donors (Lipinski definition) is 0. The van der Waals surface area contributed by atoms with Gasteiger partial charge >= 0.3 is 10.1 Å². The summed E-state index contributed by atoms with van der Waals surface area (Å²) in [4.78, 5) is -0.211. The van der Waals surface area contributed by atoms with Crippen molar-refractivity contribution in [3.05, 3.63) is 51.5 Å². The van der Waals surface area contributed by atoms with Gasteiger partial charge in [-0.2, -0.15) is 13.7 Å². The molecule has 8 heteroatoms. The second-order valence-corrected chi connectivity index (χ2v) is 6.90. The average molecular weight is 403 g/mol. The Morgan fingerprint density at radius 3 is 2.64 bits per heavy atom. The minimum Gasteiger partial charge on any atom is -0.494 e. The van der Waals surface area contributed by atoms with E-state index in [1.165, 1.54) is 43.5 Å². The normalized spacial score (nSPS) is 10.8. The molecule has 0 saturated heterocycles. The summed E-state index contributed by atoms with van der Waals surface area (Å²) >= 11 is 9.07. The highest BCUT2D eigenvalue weighted by atomic mass is 79.9. The van der Waals surface area contributed by atoms with Crippen LogP contribution in [-0.2, 0) is 10.1 Å². The molecule has 0 spiro atoms. The highest BCUT2D eigenvalue weighted by Gasteiger charge is 2.24. The van der Waals surface area contributed by atoms with Crippen molar-refractivity contribution >= 4 is 37.6 Å². The van der Waals surface area contributed by atoms with Crippen molar-refractivity contribution in [1.82, 2.24) is 0 Å². The van der Waals surface area contributed by atoms with Crippen molar-refractivity contribution in [2.24, 2.45) is 0 Å². The minimum absolute atomic E-state index is 0.0252. The molecule has 0 aliphatic rings. The molecule has 5 nitrogen and oxygen atoms in total. The third kappa shape index (κ3) is 3.53. The van der Waals surface area contributed by atoms with Crippen molar-refractivity contribution in [2.45, 2.75) is 4.90 Å². The summed E-state index contributed by atoms with van der Waals surface area (Å²) in [5, 5.41) is 9.04. The van der Waals surface area contributed by atoms with Gasteiger partial charge in [-0.05, 0) is 46.3 Å². The quantitative estimate of drug-likeness (QED) is 0.728. The van der Waals surface area contributed by atoms with Crippen LogP contribution < -0.4 is 8.92 Å². The number of ether oxygens (including phenoxy) is 1. The molecule has 0 aliphatic heterocycles. The van der Waals surface area contributed by atoms with Crippen LogP contribution in [0.2, 0.25) is 5.02 Å². The molecule has 2 rings (SSSR count). The standard InChI is InChI=1S/C14H9BrClNO4S/c1-20-14-12(15)6-10(16)7-13(14)22(18,19)21-11-4-2-3-9(5-11)8-17/h2-7H,1H3. The van der Waals surface area contributed by atoms with Crippen molar-refractivity contribution in [1.29, 1.82) is 5.26 Å². The lowest BCUT2D eigenvalue weighted by molar-refractivity contribution is 0.395. The van der Waals surface area contributed by atoms with Gasteiger partial charge in [0.2, 0.25) is 0 Å². The first-order valence-corrected chi connectivity index (χ1v) is 8.43. The molecular formula is C14H9BrClNO4S. The van der Waals surface area contributed by atoms with Crippen LogP contribution in [0.1, 0.15) is 5.56 Å². The molecular weight excluding hydrogens is 394 g/mol.